The highest BCUT2D eigenvalue weighted by molar-refractivity contribution is 7.99. The third kappa shape index (κ3) is 3.42. The van der Waals surface area contributed by atoms with Crippen LogP contribution in [0.3, 0.4) is 0 Å². The van der Waals surface area contributed by atoms with Crippen molar-refractivity contribution in [1.82, 2.24) is 14.9 Å². The number of aromatic nitrogens is 2. The minimum Gasteiger partial charge on any atom is -0.368 e. The molecule has 5 heteroatoms. The number of piperidine rings is 1. The molecule has 4 rings (SSSR count). The first-order chi connectivity index (χ1) is 11.8. The lowest BCUT2D eigenvalue weighted by molar-refractivity contribution is 0.133. The van der Waals surface area contributed by atoms with Crippen molar-refractivity contribution in [1.29, 1.82) is 0 Å². The number of hydrogen-bond acceptors (Lipinski definition) is 5. The van der Waals surface area contributed by atoms with Crippen molar-refractivity contribution < 1.29 is 0 Å². The first kappa shape index (κ1) is 15.9. The van der Waals surface area contributed by atoms with Gasteiger partial charge in [0.2, 0.25) is 0 Å². The van der Waals surface area contributed by atoms with Gasteiger partial charge >= 0.3 is 0 Å². The average Bonchev–Trinajstić information content (AvgIpc) is 2.62. The minimum absolute atomic E-state index is 0.722. The monoisotopic (exact) mass is 340 g/mol. The maximum atomic E-state index is 4.38. The van der Waals surface area contributed by atoms with Crippen LogP contribution in [0, 0.1) is 6.92 Å². The van der Waals surface area contributed by atoms with Crippen molar-refractivity contribution in [2.45, 2.75) is 42.3 Å². The van der Waals surface area contributed by atoms with Crippen LogP contribution in [0.25, 0.3) is 0 Å². The van der Waals surface area contributed by atoms with E-state index in [1.165, 1.54) is 48.5 Å². The number of nitrogens with zero attached hydrogens (tertiary/aromatic N) is 4. The normalized spacial score (nSPS) is 21.5. The number of benzene rings is 1. The van der Waals surface area contributed by atoms with Crippen LogP contribution in [0.5, 0.6) is 0 Å². The molecule has 1 aromatic heterocycles. The van der Waals surface area contributed by atoms with Crippen LogP contribution in [-0.4, -0.2) is 47.1 Å². The summed E-state index contributed by atoms with van der Waals surface area (Å²) in [5.41, 5.74) is 2.62. The summed E-state index contributed by atoms with van der Waals surface area (Å²) in [5.74, 6) is 0. The van der Waals surface area contributed by atoms with Gasteiger partial charge in [0.05, 0.1) is 5.69 Å². The highest BCUT2D eigenvalue weighted by Crippen LogP contribution is 2.36. The molecule has 1 unspecified atom stereocenters. The molecular weight excluding hydrogens is 316 g/mol. The molecule has 4 nitrogen and oxygen atoms in total. The fourth-order valence-corrected chi connectivity index (χ4v) is 4.75. The van der Waals surface area contributed by atoms with Gasteiger partial charge in [-0.25, -0.2) is 9.97 Å². The molecule has 3 heterocycles. The third-order valence-corrected chi connectivity index (χ3v) is 5.98. The van der Waals surface area contributed by atoms with Gasteiger partial charge in [-0.1, -0.05) is 12.5 Å². The van der Waals surface area contributed by atoms with Gasteiger partial charge in [-0.15, -0.1) is 0 Å². The SMILES string of the molecule is Cc1ccc(N2CCN3CCCCC3C2)c(Sc2ncccn2)c1. The Bertz CT molecular complexity index is 691. The summed E-state index contributed by atoms with van der Waals surface area (Å²) in [4.78, 5) is 15.3. The van der Waals surface area contributed by atoms with Gasteiger partial charge in [0, 0.05) is 43.0 Å². The number of anilines is 1. The Morgan fingerprint density at radius 2 is 1.96 bits per heavy atom. The summed E-state index contributed by atoms with van der Waals surface area (Å²) in [6.07, 6.45) is 7.71. The van der Waals surface area contributed by atoms with E-state index in [4.69, 9.17) is 0 Å². The van der Waals surface area contributed by atoms with Crippen LogP contribution >= 0.6 is 11.8 Å². The van der Waals surface area contributed by atoms with Gasteiger partial charge in [0.15, 0.2) is 5.16 Å². The molecular formula is C19H24N4S. The van der Waals surface area contributed by atoms with Crippen LogP contribution in [0.4, 0.5) is 5.69 Å². The average molecular weight is 340 g/mol. The molecule has 0 spiro atoms. The molecule has 0 radical (unpaired) electrons. The minimum atomic E-state index is 0.722. The second-order valence-electron chi connectivity index (χ2n) is 6.74. The number of aryl methyl sites for hydroxylation is 1. The van der Waals surface area contributed by atoms with Gasteiger partial charge in [0.25, 0.3) is 0 Å². The van der Waals surface area contributed by atoms with E-state index in [2.05, 4.69) is 44.9 Å². The Kier molecular flexibility index (Phi) is 4.72. The van der Waals surface area contributed by atoms with E-state index in [9.17, 15) is 0 Å². The number of fused-ring (bicyclic) bond motifs is 1. The second-order valence-corrected chi connectivity index (χ2v) is 7.75. The molecule has 0 saturated carbocycles. The molecule has 24 heavy (non-hydrogen) atoms. The van der Waals surface area contributed by atoms with Crippen LogP contribution in [-0.2, 0) is 0 Å². The number of piperazine rings is 1. The van der Waals surface area contributed by atoms with E-state index in [-0.39, 0.29) is 0 Å². The largest absolute Gasteiger partial charge is 0.368 e. The van der Waals surface area contributed by atoms with Crippen molar-refractivity contribution in [2.75, 3.05) is 31.1 Å². The van der Waals surface area contributed by atoms with E-state index >= 15 is 0 Å². The van der Waals surface area contributed by atoms with Gasteiger partial charge in [-0.3, -0.25) is 4.90 Å². The fraction of sp³-hybridized carbons (Fsp3) is 0.474. The predicted octanol–water partition coefficient (Wildman–Crippen LogP) is 3.61. The van der Waals surface area contributed by atoms with Crippen LogP contribution in [0.2, 0.25) is 0 Å². The van der Waals surface area contributed by atoms with Crippen molar-refractivity contribution in [3.63, 3.8) is 0 Å². The van der Waals surface area contributed by atoms with Gasteiger partial charge < -0.3 is 4.90 Å². The molecule has 2 saturated heterocycles. The Balaban J connectivity index is 1.58. The zero-order valence-electron chi connectivity index (χ0n) is 14.2. The topological polar surface area (TPSA) is 32.3 Å². The summed E-state index contributed by atoms with van der Waals surface area (Å²) in [6, 6.07) is 9.35. The van der Waals surface area contributed by atoms with E-state index < -0.39 is 0 Å². The Labute approximate surface area is 148 Å². The Morgan fingerprint density at radius 1 is 1.08 bits per heavy atom. The van der Waals surface area contributed by atoms with Crippen LogP contribution in [0.15, 0.2) is 46.7 Å². The quantitative estimate of drug-likeness (QED) is 0.797. The van der Waals surface area contributed by atoms with Gasteiger partial charge in [-0.2, -0.15) is 0 Å². The van der Waals surface area contributed by atoms with Crippen molar-refractivity contribution in [3.8, 4) is 0 Å². The van der Waals surface area contributed by atoms with Crippen molar-refractivity contribution in [3.05, 3.63) is 42.2 Å². The van der Waals surface area contributed by atoms with Gasteiger partial charge in [0.1, 0.15) is 0 Å². The standard InChI is InChI=1S/C19H24N4S/c1-15-6-7-17(18(13-15)24-19-20-8-4-9-21-19)23-12-11-22-10-3-2-5-16(22)14-23/h4,6-9,13,16H,2-3,5,10-12,14H2,1H3. The first-order valence-corrected chi connectivity index (χ1v) is 9.66. The molecule has 0 amide bonds. The number of rotatable bonds is 3. The van der Waals surface area contributed by atoms with E-state index in [1.807, 2.05) is 18.5 Å². The third-order valence-electron chi connectivity index (χ3n) is 5.04. The van der Waals surface area contributed by atoms with E-state index in [0.29, 0.717) is 0 Å². The molecule has 2 aromatic rings. The lowest BCUT2D eigenvalue weighted by atomic mass is 9.99. The lowest BCUT2D eigenvalue weighted by Crippen LogP contribution is -2.55. The highest BCUT2D eigenvalue weighted by Gasteiger charge is 2.29. The summed E-state index contributed by atoms with van der Waals surface area (Å²) >= 11 is 1.67. The predicted molar refractivity (Wildman–Crippen MR) is 98.8 cm³/mol. The smallest absolute Gasteiger partial charge is 0.192 e. The zero-order chi connectivity index (χ0) is 16.4. The summed E-state index contributed by atoms with van der Waals surface area (Å²) in [5, 5.41) is 0.820. The molecule has 2 fully saturated rings. The molecule has 126 valence electrons. The summed E-state index contributed by atoms with van der Waals surface area (Å²) in [6.45, 7) is 6.88. The second kappa shape index (κ2) is 7.11. The summed E-state index contributed by atoms with van der Waals surface area (Å²) in [7, 11) is 0. The molecule has 1 atom stereocenters. The molecule has 0 aliphatic carbocycles. The van der Waals surface area contributed by atoms with Crippen molar-refractivity contribution >= 4 is 17.4 Å². The maximum absolute atomic E-state index is 4.38. The highest BCUT2D eigenvalue weighted by atomic mass is 32.2. The van der Waals surface area contributed by atoms with E-state index in [1.54, 1.807) is 11.8 Å². The number of hydrogen-bond donors (Lipinski definition) is 0. The zero-order valence-corrected chi connectivity index (χ0v) is 15.0. The van der Waals surface area contributed by atoms with Crippen LogP contribution < -0.4 is 4.90 Å². The van der Waals surface area contributed by atoms with Crippen molar-refractivity contribution in [2.24, 2.45) is 0 Å². The molecule has 2 aliphatic rings. The first-order valence-electron chi connectivity index (χ1n) is 8.84. The maximum Gasteiger partial charge on any atom is 0.192 e. The van der Waals surface area contributed by atoms with Crippen LogP contribution in [0.1, 0.15) is 24.8 Å². The molecule has 1 aromatic carbocycles. The molecule has 0 N–H and O–H groups in total. The lowest BCUT2D eigenvalue weighted by Gasteiger charge is -2.45. The van der Waals surface area contributed by atoms with E-state index in [0.717, 1.165) is 24.3 Å². The fourth-order valence-electron chi connectivity index (χ4n) is 3.78. The molecule has 2 aliphatic heterocycles. The Morgan fingerprint density at radius 3 is 2.83 bits per heavy atom. The Hall–Kier alpha value is -1.59. The summed E-state index contributed by atoms with van der Waals surface area (Å²) < 4.78 is 0. The van der Waals surface area contributed by atoms with Gasteiger partial charge in [-0.05, 0) is 61.8 Å². The molecule has 0 bridgehead atoms.